The first-order valence-electron chi connectivity index (χ1n) is 6.01. The Morgan fingerprint density at radius 3 is 2.94 bits per heavy atom. The molecule has 3 atom stereocenters. The Morgan fingerprint density at radius 1 is 1.56 bits per heavy atom. The van der Waals surface area contributed by atoms with Crippen LogP contribution in [0.3, 0.4) is 0 Å². The van der Waals surface area contributed by atoms with E-state index in [0.717, 1.165) is 19.4 Å². The first-order chi connectivity index (χ1) is 7.65. The van der Waals surface area contributed by atoms with Crippen LogP contribution < -0.4 is 10.6 Å². The number of nitrogens with one attached hydrogen (secondary N) is 2. The number of carbonyl (C=O) groups excluding carboxylic acids is 1. The van der Waals surface area contributed by atoms with Crippen LogP contribution in [0.25, 0.3) is 0 Å². The third kappa shape index (κ3) is 4.22. The molecule has 16 heavy (non-hydrogen) atoms. The maximum Gasteiger partial charge on any atom is 0.224 e. The van der Waals surface area contributed by atoms with Crippen molar-refractivity contribution in [2.24, 2.45) is 5.92 Å². The van der Waals surface area contributed by atoms with Gasteiger partial charge in [-0.1, -0.05) is 6.92 Å². The molecule has 0 radical (unpaired) electrons. The number of hydrogen-bond donors (Lipinski definition) is 2. The molecule has 0 aliphatic carbocycles. The normalized spacial score (nSPS) is 27.4. The molecule has 1 saturated heterocycles. The van der Waals surface area contributed by atoms with Crippen LogP contribution in [-0.2, 0) is 15.6 Å². The largest absolute Gasteiger partial charge is 0.355 e. The first kappa shape index (κ1) is 13.6. The molecular formula is C11H22N2O2S. The van der Waals surface area contributed by atoms with Gasteiger partial charge < -0.3 is 10.6 Å². The van der Waals surface area contributed by atoms with Crippen LogP contribution >= 0.6 is 0 Å². The molecule has 0 saturated carbocycles. The topological polar surface area (TPSA) is 58.2 Å². The number of rotatable bonds is 5. The van der Waals surface area contributed by atoms with Crippen molar-refractivity contribution in [3.05, 3.63) is 0 Å². The first-order valence-corrected chi connectivity index (χ1v) is 7.50. The molecule has 4 nitrogen and oxygen atoms in total. The lowest BCUT2D eigenvalue weighted by atomic mass is 9.91. The third-order valence-corrected chi connectivity index (χ3v) is 4.35. The van der Waals surface area contributed by atoms with Crippen molar-refractivity contribution in [3.63, 3.8) is 0 Å². The SMILES string of the molecule is CCS(=O)CCNC(=O)C1CCCNC1C. The van der Waals surface area contributed by atoms with Gasteiger partial charge in [-0.25, -0.2) is 0 Å². The van der Waals surface area contributed by atoms with E-state index in [1.54, 1.807) is 0 Å². The quantitative estimate of drug-likeness (QED) is 0.731. The maximum absolute atomic E-state index is 11.8. The van der Waals surface area contributed by atoms with Gasteiger partial charge in [-0.2, -0.15) is 0 Å². The van der Waals surface area contributed by atoms with Gasteiger partial charge >= 0.3 is 0 Å². The number of amides is 1. The zero-order valence-corrected chi connectivity index (χ0v) is 10.9. The van der Waals surface area contributed by atoms with E-state index in [-0.39, 0.29) is 17.9 Å². The van der Waals surface area contributed by atoms with Crippen LogP contribution in [0, 0.1) is 5.92 Å². The average Bonchev–Trinajstić information content (AvgIpc) is 2.29. The van der Waals surface area contributed by atoms with Crippen molar-refractivity contribution in [3.8, 4) is 0 Å². The lowest BCUT2D eigenvalue weighted by molar-refractivity contribution is -0.126. The highest BCUT2D eigenvalue weighted by atomic mass is 32.2. The zero-order valence-electron chi connectivity index (χ0n) is 10.1. The summed E-state index contributed by atoms with van der Waals surface area (Å²) in [6, 6.07) is 0.255. The molecular weight excluding hydrogens is 224 g/mol. The standard InChI is InChI=1S/C11H22N2O2S/c1-3-16(15)8-7-13-11(14)10-5-4-6-12-9(10)2/h9-10,12H,3-8H2,1-2H3,(H,13,14). The van der Waals surface area contributed by atoms with Crippen LogP contribution in [0.4, 0.5) is 0 Å². The van der Waals surface area contributed by atoms with Crippen LogP contribution in [0.15, 0.2) is 0 Å². The maximum atomic E-state index is 11.8. The summed E-state index contributed by atoms with van der Waals surface area (Å²) in [6.45, 7) is 5.48. The monoisotopic (exact) mass is 246 g/mol. The summed E-state index contributed by atoms with van der Waals surface area (Å²) in [7, 11) is -0.787. The van der Waals surface area contributed by atoms with E-state index < -0.39 is 10.8 Å². The van der Waals surface area contributed by atoms with E-state index >= 15 is 0 Å². The summed E-state index contributed by atoms with van der Waals surface area (Å²) in [6.07, 6.45) is 2.01. The minimum absolute atomic E-state index is 0.0730. The minimum Gasteiger partial charge on any atom is -0.355 e. The molecule has 1 amide bonds. The smallest absolute Gasteiger partial charge is 0.224 e. The molecule has 0 spiro atoms. The lowest BCUT2D eigenvalue weighted by Crippen LogP contribution is -2.47. The Bertz CT molecular complexity index is 258. The van der Waals surface area contributed by atoms with Crippen molar-refractivity contribution in [2.45, 2.75) is 32.7 Å². The summed E-state index contributed by atoms with van der Waals surface area (Å²) < 4.78 is 11.2. The summed E-state index contributed by atoms with van der Waals surface area (Å²) in [5.74, 6) is 1.41. The fourth-order valence-corrected chi connectivity index (χ4v) is 2.58. The van der Waals surface area contributed by atoms with Crippen LogP contribution in [0.1, 0.15) is 26.7 Å². The molecule has 1 fully saturated rings. The van der Waals surface area contributed by atoms with Crippen molar-refractivity contribution >= 4 is 16.7 Å². The van der Waals surface area contributed by atoms with Crippen molar-refractivity contribution in [1.29, 1.82) is 0 Å². The van der Waals surface area contributed by atoms with Gasteiger partial charge in [0.15, 0.2) is 0 Å². The van der Waals surface area contributed by atoms with Gasteiger partial charge in [0.1, 0.15) is 0 Å². The highest BCUT2D eigenvalue weighted by Crippen LogP contribution is 2.15. The molecule has 0 aromatic heterocycles. The molecule has 1 aliphatic rings. The van der Waals surface area contributed by atoms with Gasteiger partial charge in [0.05, 0.1) is 5.92 Å². The van der Waals surface area contributed by atoms with Gasteiger partial charge in [-0.05, 0) is 26.3 Å². The molecule has 0 aromatic rings. The molecule has 0 aromatic carbocycles. The van der Waals surface area contributed by atoms with E-state index in [0.29, 0.717) is 18.1 Å². The second-order valence-electron chi connectivity index (χ2n) is 4.22. The van der Waals surface area contributed by atoms with Gasteiger partial charge in [0.2, 0.25) is 5.91 Å². The summed E-state index contributed by atoms with van der Waals surface area (Å²) in [5.41, 5.74) is 0. The fourth-order valence-electron chi connectivity index (χ4n) is 1.97. The molecule has 1 aliphatic heterocycles. The Morgan fingerprint density at radius 2 is 2.31 bits per heavy atom. The van der Waals surface area contributed by atoms with Crippen molar-refractivity contribution in [2.75, 3.05) is 24.6 Å². The van der Waals surface area contributed by atoms with E-state index in [1.807, 2.05) is 13.8 Å². The third-order valence-electron chi connectivity index (χ3n) is 3.05. The highest BCUT2D eigenvalue weighted by molar-refractivity contribution is 7.84. The zero-order chi connectivity index (χ0) is 12.0. The van der Waals surface area contributed by atoms with Crippen LogP contribution in [0.5, 0.6) is 0 Å². The Hall–Kier alpha value is -0.420. The Balaban J connectivity index is 2.25. The average molecular weight is 246 g/mol. The molecule has 1 heterocycles. The van der Waals surface area contributed by atoms with Gasteiger partial charge in [-0.3, -0.25) is 9.00 Å². The van der Waals surface area contributed by atoms with Crippen molar-refractivity contribution < 1.29 is 9.00 Å². The van der Waals surface area contributed by atoms with E-state index in [1.165, 1.54) is 0 Å². The second kappa shape index (κ2) is 7.01. The van der Waals surface area contributed by atoms with Crippen LogP contribution in [0.2, 0.25) is 0 Å². The summed E-state index contributed by atoms with van der Waals surface area (Å²) in [5, 5.41) is 6.18. The second-order valence-corrected chi connectivity index (χ2v) is 6.08. The Kier molecular flexibility index (Phi) is 5.98. The number of carbonyl (C=O) groups is 1. The predicted molar refractivity (Wildman–Crippen MR) is 66.7 cm³/mol. The van der Waals surface area contributed by atoms with Crippen LogP contribution in [-0.4, -0.2) is 40.8 Å². The Labute approximate surface area is 100 Å². The van der Waals surface area contributed by atoms with Gasteiger partial charge in [0.25, 0.3) is 0 Å². The number of hydrogen-bond acceptors (Lipinski definition) is 3. The predicted octanol–water partition coefficient (Wildman–Crippen LogP) is 0.259. The van der Waals surface area contributed by atoms with Gasteiger partial charge in [0, 0.05) is 34.9 Å². The minimum atomic E-state index is -0.787. The summed E-state index contributed by atoms with van der Waals surface area (Å²) >= 11 is 0. The molecule has 0 bridgehead atoms. The lowest BCUT2D eigenvalue weighted by Gasteiger charge is -2.28. The van der Waals surface area contributed by atoms with E-state index in [4.69, 9.17) is 0 Å². The molecule has 3 unspecified atom stereocenters. The molecule has 2 N–H and O–H groups in total. The summed E-state index contributed by atoms with van der Waals surface area (Å²) in [4.78, 5) is 11.8. The molecule has 5 heteroatoms. The molecule has 1 rings (SSSR count). The fraction of sp³-hybridized carbons (Fsp3) is 0.909. The van der Waals surface area contributed by atoms with E-state index in [2.05, 4.69) is 10.6 Å². The van der Waals surface area contributed by atoms with Crippen molar-refractivity contribution in [1.82, 2.24) is 10.6 Å². The highest BCUT2D eigenvalue weighted by Gasteiger charge is 2.26. The van der Waals surface area contributed by atoms with Gasteiger partial charge in [-0.15, -0.1) is 0 Å². The molecule has 94 valence electrons. The number of piperidine rings is 1. The van der Waals surface area contributed by atoms with E-state index in [9.17, 15) is 9.00 Å².